The number of benzene rings is 2. The number of piperidine rings is 1. The van der Waals surface area contributed by atoms with Crippen LogP contribution in [0.15, 0.2) is 54.6 Å². The second kappa shape index (κ2) is 6.92. The molecule has 1 amide bonds. The molecule has 1 aliphatic heterocycles. The number of rotatable bonds is 4. The van der Waals surface area contributed by atoms with Gasteiger partial charge < -0.3 is 10.0 Å². The molecule has 0 spiro atoms. The molecule has 2 aromatic carbocycles. The molecular weight excluding hydrogens is 293 g/mol. The van der Waals surface area contributed by atoms with Gasteiger partial charge in [-0.2, -0.15) is 0 Å². The van der Waals surface area contributed by atoms with E-state index in [1.807, 2.05) is 30.3 Å². The lowest BCUT2D eigenvalue weighted by atomic mass is 9.91. The van der Waals surface area contributed by atoms with E-state index < -0.39 is 0 Å². The minimum Gasteiger partial charge on any atom is -0.394 e. The van der Waals surface area contributed by atoms with Crippen LogP contribution in [0.1, 0.15) is 42.5 Å². The van der Waals surface area contributed by atoms with Gasteiger partial charge in [-0.1, -0.05) is 42.5 Å². The molecule has 1 N–H and O–H groups in total. The molecule has 120 valence electrons. The third-order valence-electron chi connectivity index (χ3n) is 4.44. The van der Waals surface area contributed by atoms with Crippen molar-refractivity contribution in [3.63, 3.8) is 0 Å². The van der Waals surface area contributed by atoms with E-state index in [9.17, 15) is 14.3 Å². The van der Waals surface area contributed by atoms with Gasteiger partial charge in [-0.05, 0) is 36.1 Å². The average molecular weight is 313 g/mol. The molecule has 0 saturated carbocycles. The van der Waals surface area contributed by atoms with Gasteiger partial charge in [0.2, 0.25) is 5.91 Å². The molecule has 1 saturated heterocycles. The Hall–Kier alpha value is -2.20. The Kier molecular flexibility index (Phi) is 4.72. The van der Waals surface area contributed by atoms with Gasteiger partial charge in [0.25, 0.3) is 0 Å². The van der Waals surface area contributed by atoms with Gasteiger partial charge in [-0.25, -0.2) is 4.39 Å². The summed E-state index contributed by atoms with van der Waals surface area (Å²) in [6.07, 6.45) is 2.12. The molecule has 23 heavy (non-hydrogen) atoms. The minimum absolute atomic E-state index is 0.0356. The van der Waals surface area contributed by atoms with E-state index in [1.165, 1.54) is 12.1 Å². The van der Waals surface area contributed by atoms with Crippen LogP contribution in [-0.2, 0) is 4.79 Å². The van der Waals surface area contributed by atoms with Crippen molar-refractivity contribution in [2.75, 3.05) is 6.61 Å². The number of aliphatic hydroxyl groups is 1. The fraction of sp³-hybridized carbons (Fsp3) is 0.316. The maximum atomic E-state index is 13.2. The Morgan fingerprint density at radius 3 is 2.48 bits per heavy atom. The first-order chi connectivity index (χ1) is 11.2. The van der Waals surface area contributed by atoms with Crippen LogP contribution in [0.25, 0.3) is 0 Å². The minimum atomic E-state index is -0.376. The van der Waals surface area contributed by atoms with Crippen molar-refractivity contribution in [1.29, 1.82) is 0 Å². The number of likely N-dealkylation sites (tertiary alicyclic amines) is 1. The summed E-state index contributed by atoms with van der Waals surface area (Å²) in [4.78, 5) is 14.3. The lowest BCUT2D eigenvalue weighted by Crippen LogP contribution is -2.42. The monoisotopic (exact) mass is 313 g/mol. The lowest BCUT2D eigenvalue weighted by molar-refractivity contribution is -0.141. The van der Waals surface area contributed by atoms with Crippen LogP contribution in [0, 0.1) is 5.82 Å². The van der Waals surface area contributed by atoms with Crippen molar-refractivity contribution in [1.82, 2.24) is 4.90 Å². The number of hydrogen-bond donors (Lipinski definition) is 1. The molecule has 0 radical (unpaired) electrons. The summed E-state index contributed by atoms with van der Waals surface area (Å²) in [6, 6.07) is 15.3. The summed E-state index contributed by atoms with van der Waals surface area (Å²) >= 11 is 0. The zero-order valence-electron chi connectivity index (χ0n) is 12.9. The number of hydrogen-bond acceptors (Lipinski definition) is 2. The van der Waals surface area contributed by atoms with Crippen LogP contribution in [0.2, 0.25) is 0 Å². The predicted octanol–water partition coefficient (Wildman–Crippen LogP) is 3.61. The molecule has 1 heterocycles. The van der Waals surface area contributed by atoms with Crippen LogP contribution in [-0.4, -0.2) is 22.5 Å². The molecule has 3 rings (SSSR count). The van der Waals surface area contributed by atoms with Crippen molar-refractivity contribution in [2.24, 2.45) is 0 Å². The molecule has 0 unspecified atom stereocenters. The van der Waals surface area contributed by atoms with Gasteiger partial charge in [-0.15, -0.1) is 0 Å². The normalized spacial score (nSPS) is 19.7. The highest BCUT2D eigenvalue weighted by Crippen LogP contribution is 2.38. The first-order valence-corrected chi connectivity index (χ1v) is 7.93. The molecule has 2 aromatic rings. The van der Waals surface area contributed by atoms with E-state index in [1.54, 1.807) is 17.0 Å². The molecule has 3 nitrogen and oxygen atoms in total. The van der Waals surface area contributed by atoms with Crippen LogP contribution >= 0.6 is 0 Å². The summed E-state index contributed by atoms with van der Waals surface area (Å²) in [7, 11) is 0. The number of halogens is 1. The summed E-state index contributed by atoms with van der Waals surface area (Å²) in [5, 5.41) is 9.90. The molecular formula is C19H20FNO2. The average Bonchev–Trinajstić information content (AvgIpc) is 2.59. The highest BCUT2D eigenvalue weighted by Gasteiger charge is 2.34. The van der Waals surface area contributed by atoms with Gasteiger partial charge in [0.1, 0.15) is 5.82 Å². The van der Waals surface area contributed by atoms with Crippen molar-refractivity contribution < 1.29 is 14.3 Å². The van der Waals surface area contributed by atoms with E-state index in [-0.39, 0.29) is 30.4 Å². The Balaban J connectivity index is 1.97. The van der Waals surface area contributed by atoms with Gasteiger partial charge in [0.15, 0.2) is 0 Å². The topological polar surface area (TPSA) is 40.5 Å². The Bertz CT molecular complexity index is 657. The summed E-state index contributed by atoms with van der Waals surface area (Å²) < 4.78 is 13.2. The second-order valence-electron chi connectivity index (χ2n) is 5.87. The van der Waals surface area contributed by atoms with E-state index >= 15 is 0 Å². The number of nitrogens with zero attached hydrogens (tertiary/aromatic N) is 1. The van der Waals surface area contributed by atoms with Gasteiger partial charge in [0, 0.05) is 6.42 Å². The van der Waals surface area contributed by atoms with Crippen molar-refractivity contribution in [3.05, 3.63) is 71.5 Å². The molecule has 0 bridgehead atoms. The molecule has 2 atom stereocenters. The van der Waals surface area contributed by atoms with Gasteiger partial charge >= 0.3 is 0 Å². The largest absolute Gasteiger partial charge is 0.394 e. The Labute approximate surface area is 135 Å². The van der Waals surface area contributed by atoms with Crippen molar-refractivity contribution >= 4 is 5.91 Å². The number of amides is 1. The van der Waals surface area contributed by atoms with Crippen LogP contribution < -0.4 is 0 Å². The zero-order chi connectivity index (χ0) is 16.2. The standard InChI is InChI=1S/C19H20FNO2/c20-16-11-9-15(10-12-16)17-7-4-8-19(23)21(17)18(13-22)14-5-2-1-3-6-14/h1-3,5-6,9-12,17-18,22H,4,7-8,13H2/t17-,18-/m0/s1. The smallest absolute Gasteiger partial charge is 0.223 e. The first kappa shape index (κ1) is 15.7. The van der Waals surface area contributed by atoms with E-state index in [4.69, 9.17) is 0 Å². The highest BCUT2D eigenvalue weighted by molar-refractivity contribution is 5.78. The van der Waals surface area contributed by atoms with Crippen molar-refractivity contribution in [2.45, 2.75) is 31.3 Å². The predicted molar refractivity (Wildman–Crippen MR) is 86.1 cm³/mol. The fourth-order valence-electron chi connectivity index (χ4n) is 3.32. The quantitative estimate of drug-likeness (QED) is 0.936. The van der Waals surface area contributed by atoms with E-state index in [0.717, 1.165) is 24.0 Å². The molecule has 1 aliphatic rings. The third-order valence-corrected chi connectivity index (χ3v) is 4.44. The van der Waals surface area contributed by atoms with Gasteiger partial charge in [0.05, 0.1) is 18.7 Å². The van der Waals surface area contributed by atoms with E-state index in [2.05, 4.69) is 0 Å². The molecule has 4 heteroatoms. The number of carbonyl (C=O) groups is 1. The molecule has 0 aromatic heterocycles. The summed E-state index contributed by atoms with van der Waals surface area (Å²) in [5.41, 5.74) is 1.83. The third kappa shape index (κ3) is 3.27. The number of aliphatic hydroxyl groups excluding tert-OH is 1. The maximum Gasteiger partial charge on any atom is 0.223 e. The van der Waals surface area contributed by atoms with Crippen LogP contribution in [0.4, 0.5) is 4.39 Å². The lowest BCUT2D eigenvalue weighted by Gasteiger charge is -2.41. The van der Waals surface area contributed by atoms with E-state index in [0.29, 0.717) is 6.42 Å². The van der Waals surface area contributed by atoms with Gasteiger partial charge in [-0.3, -0.25) is 4.79 Å². The Morgan fingerprint density at radius 2 is 1.83 bits per heavy atom. The highest BCUT2D eigenvalue weighted by atomic mass is 19.1. The fourth-order valence-corrected chi connectivity index (χ4v) is 3.32. The Morgan fingerprint density at radius 1 is 1.13 bits per heavy atom. The molecule has 1 fully saturated rings. The molecule has 0 aliphatic carbocycles. The van der Waals surface area contributed by atoms with Crippen molar-refractivity contribution in [3.8, 4) is 0 Å². The zero-order valence-corrected chi connectivity index (χ0v) is 12.9. The summed E-state index contributed by atoms with van der Waals surface area (Å²) in [5.74, 6) is -0.252. The second-order valence-corrected chi connectivity index (χ2v) is 5.87. The van der Waals surface area contributed by atoms with Crippen LogP contribution in [0.3, 0.4) is 0 Å². The number of carbonyl (C=O) groups excluding carboxylic acids is 1. The summed E-state index contributed by atoms with van der Waals surface area (Å²) in [6.45, 7) is -0.131. The van der Waals surface area contributed by atoms with Crippen LogP contribution in [0.5, 0.6) is 0 Å². The maximum absolute atomic E-state index is 13.2. The SMILES string of the molecule is O=C1CCC[C@@H](c2ccc(F)cc2)N1[C@@H](CO)c1ccccc1. The first-order valence-electron chi connectivity index (χ1n) is 7.93.